The first-order chi connectivity index (χ1) is 13.8. The van der Waals surface area contributed by atoms with Gasteiger partial charge in [0.15, 0.2) is 0 Å². The Morgan fingerprint density at radius 1 is 1.00 bits per heavy atom. The fraction of sp³-hybridized carbons (Fsp3) is 0.611. The summed E-state index contributed by atoms with van der Waals surface area (Å²) in [6, 6.07) is 4.58. The van der Waals surface area contributed by atoms with Gasteiger partial charge in [-0.15, -0.1) is 11.8 Å². The summed E-state index contributed by atoms with van der Waals surface area (Å²) in [5, 5.41) is 2.86. The maximum absolute atomic E-state index is 13.1. The fourth-order valence-corrected chi connectivity index (χ4v) is 8.22. The van der Waals surface area contributed by atoms with E-state index in [0.29, 0.717) is 31.3 Å². The van der Waals surface area contributed by atoms with Gasteiger partial charge in [-0.3, -0.25) is 4.79 Å². The predicted molar refractivity (Wildman–Crippen MR) is 110 cm³/mol. The van der Waals surface area contributed by atoms with Gasteiger partial charge in [-0.25, -0.2) is 16.8 Å². The van der Waals surface area contributed by atoms with Crippen molar-refractivity contribution in [3.8, 4) is 0 Å². The van der Waals surface area contributed by atoms with E-state index < -0.39 is 26.1 Å². The van der Waals surface area contributed by atoms with Crippen LogP contribution in [-0.4, -0.2) is 68.7 Å². The van der Waals surface area contributed by atoms with Crippen LogP contribution in [0.3, 0.4) is 0 Å². The number of benzene rings is 1. The Morgan fingerprint density at radius 2 is 1.59 bits per heavy atom. The monoisotopic (exact) mass is 459 g/mol. The first-order valence-corrected chi connectivity index (χ1v) is 13.8. The van der Waals surface area contributed by atoms with E-state index in [1.54, 1.807) is 0 Å². The maximum atomic E-state index is 13.1. The van der Waals surface area contributed by atoms with Gasteiger partial charge in [-0.1, -0.05) is 0 Å². The molecule has 1 saturated carbocycles. The second-order valence-corrected chi connectivity index (χ2v) is 12.5. The summed E-state index contributed by atoms with van der Waals surface area (Å²) < 4.78 is 54.1. The van der Waals surface area contributed by atoms with Crippen LogP contribution in [0, 0.1) is 5.92 Å². The number of nitrogens with one attached hydrogen (secondary N) is 1. The summed E-state index contributed by atoms with van der Waals surface area (Å²) in [5.41, 5.74) is 0. The van der Waals surface area contributed by atoms with E-state index in [9.17, 15) is 21.6 Å². The predicted octanol–water partition coefficient (Wildman–Crippen LogP) is 1.06. The molecule has 3 fully saturated rings. The molecule has 0 aromatic heterocycles. The minimum atomic E-state index is -3.89. The third-order valence-corrected chi connectivity index (χ3v) is 10.5. The second-order valence-electron chi connectivity index (χ2n) is 7.68. The van der Waals surface area contributed by atoms with E-state index >= 15 is 0 Å². The molecule has 1 aromatic rings. The van der Waals surface area contributed by atoms with E-state index in [4.69, 9.17) is 0 Å². The lowest BCUT2D eigenvalue weighted by molar-refractivity contribution is -0.123. The van der Waals surface area contributed by atoms with Crippen LogP contribution >= 0.6 is 11.8 Å². The van der Waals surface area contributed by atoms with Crippen molar-refractivity contribution in [3.63, 3.8) is 0 Å². The number of carbonyl (C=O) groups is 1. The maximum Gasteiger partial charge on any atom is 0.244 e. The van der Waals surface area contributed by atoms with Crippen molar-refractivity contribution in [3.05, 3.63) is 24.3 Å². The average molecular weight is 460 g/mol. The molecule has 11 heteroatoms. The standard InChI is InChI=1S/C18H25N3O5S3/c22-18(19-11-14-3-4-14)17-12-27-13-21(17)29(25,26)16-7-5-15(6-8-16)28(23,24)20-9-1-2-10-20/h5-8,14,17H,1-4,9-13H2,(H,19,22). The topological polar surface area (TPSA) is 104 Å². The van der Waals surface area contributed by atoms with Crippen molar-refractivity contribution in [2.75, 3.05) is 31.3 Å². The highest BCUT2D eigenvalue weighted by Gasteiger charge is 2.40. The van der Waals surface area contributed by atoms with Gasteiger partial charge in [-0.2, -0.15) is 8.61 Å². The molecule has 1 amide bonds. The molecule has 1 atom stereocenters. The fourth-order valence-electron chi connectivity index (χ4n) is 3.55. The number of nitrogens with zero attached hydrogens (tertiary/aromatic N) is 2. The van der Waals surface area contributed by atoms with E-state index in [-0.39, 0.29) is 21.6 Å². The number of hydrogen-bond donors (Lipinski definition) is 1. The number of amides is 1. The lowest BCUT2D eigenvalue weighted by Gasteiger charge is -2.23. The smallest absolute Gasteiger partial charge is 0.244 e. The van der Waals surface area contributed by atoms with Gasteiger partial charge in [0.05, 0.1) is 15.7 Å². The first kappa shape index (κ1) is 21.1. The highest BCUT2D eigenvalue weighted by Crippen LogP contribution is 2.31. The molecule has 8 nitrogen and oxygen atoms in total. The van der Waals surface area contributed by atoms with Gasteiger partial charge in [0, 0.05) is 25.4 Å². The largest absolute Gasteiger partial charge is 0.354 e. The third-order valence-electron chi connectivity index (χ3n) is 5.54. The van der Waals surface area contributed by atoms with Gasteiger partial charge < -0.3 is 5.32 Å². The van der Waals surface area contributed by atoms with Gasteiger partial charge in [0.1, 0.15) is 6.04 Å². The SMILES string of the molecule is O=C(NCC1CC1)C1CSCN1S(=O)(=O)c1ccc(S(=O)(=O)N2CCCC2)cc1. The molecule has 1 unspecified atom stereocenters. The van der Waals surface area contributed by atoms with Crippen molar-refractivity contribution >= 4 is 37.7 Å². The lowest BCUT2D eigenvalue weighted by atomic mass is 10.3. The number of hydrogen-bond acceptors (Lipinski definition) is 6. The zero-order valence-electron chi connectivity index (χ0n) is 16.0. The minimum absolute atomic E-state index is 0.000338. The summed E-state index contributed by atoms with van der Waals surface area (Å²) in [5.74, 6) is 0.872. The number of thioether (sulfide) groups is 1. The Hall–Kier alpha value is -1.14. The average Bonchev–Trinajstić information content (AvgIpc) is 3.16. The quantitative estimate of drug-likeness (QED) is 0.654. The molecule has 0 bridgehead atoms. The van der Waals surface area contributed by atoms with Crippen LogP contribution in [0.25, 0.3) is 0 Å². The van der Waals surface area contributed by atoms with E-state index in [2.05, 4.69) is 5.32 Å². The van der Waals surface area contributed by atoms with Crippen LogP contribution in [0.4, 0.5) is 0 Å². The molecule has 0 radical (unpaired) electrons. The summed E-state index contributed by atoms with van der Waals surface area (Å²) in [6.45, 7) is 1.58. The number of carbonyl (C=O) groups excluding carboxylic acids is 1. The molecule has 0 spiro atoms. The van der Waals surface area contributed by atoms with Crippen LogP contribution in [0.5, 0.6) is 0 Å². The van der Waals surface area contributed by atoms with Gasteiger partial charge in [0.25, 0.3) is 0 Å². The zero-order chi connectivity index (χ0) is 20.6. The second kappa shape index (κ2) is 8.18. The van der Waals surface area contributed by atoms with Crippen LogP contribution in [0.2, 0.25) is 0 Å². The van der Waals surface area contributed by atoms with Gasteiger partial charge >= 0.3 is 0 Å². The third kappa shape index (κ3) is 4.34. The molecule has 3 aliphatic rings. The molecule has 2 heterocycles. The van der Waals surface area contributed by atoms with Crippen LogP contribution in [0.1, 0.15) is 25.7 Å². The van der Waals surface area contributed by atoms with E-state index in [1.807, 2.05) is 0 Å². The summed E-state index contributed by atoms with van der Waals surface area (Å²) in [6.07, 6.45) is 3.88. The van der Waals surface area contributed by atoms with Crippen molar-refractivity contribution in [2.24, 2.45) is 5.92 Å². The van der Waals surface area contributed by atoms with Gasteiger partial charge in [-0.05, 0) is 55.9 Å². The van der Waals surface area contributed by atoms with Gasteiger partial charge in [0.2, 0.25) is 26.0 Å². The Kier molecular flexibility index (Phi) is 5.95. The number of sulfonamides is 2. The van der Waals surface area contributed by atoms with Crippen molar-refractivity contribution in [1.82, 2.24) is 13.9 Å². The van der Waals surface area contributed by atoms with Crippen LogP contribution in [-0.2, 0) is 24.8 Å². The van der Waals surface area contributed by atoms with E-state index in [1.165, 1.54) is 44.6 Å². The Labute approximate surface area is 176 Å². The minimum Gasteiger partial charge on any atom is -0.354 e. The molecule has 1 aliphatic carbocycles. The lowest BCUT2D eigenvalue weighted by Crippen LogP contribution is -2.47. The molecule has 160 valence electrons. The molecular formula is C18H25N3O5S3. The number of rotatable bonds is 7. The zero-order valence-corrected chi connectivity index (χ0v) is 18.4. The Balaban J connectivity index is 1.51. The summed E-state index contributed by atoms with van der Waals surface area (Å²) in [7, 11) is -7.49. The van der Waals surface area contributed by atoms with Crippen LogP contribution < -0.4 is 5.32 Å². The van der Waals surface area contributed by atoms with Crippen molar-refractivity contribution in [1.29, 1.82) is 0 Å². The normalized spacial score (nSPS) is 24.1. The molecule has 1 aromatic carbocycles. The molecule has 2 saturated heterocycles. The molecule has 4 rings (SSSR count). The summed E-state index contributed by atoms with van der Waals surface area (Å²) in [4.78, 5) is 12.6. The molecular weight excluding hydrogens is 434 g/mol. The molecule has 2 aliphatic heterocycles. The van der Waals surface area contributed by atoms with E-state index in [0.717, 1.165) is 25.7 Å². The summed E-state index contributed by atoms with van der Waals surface area (Å²) >= 11 is 1.40. The highest BCUT2D eigenvalue weighted by atomic mass is 32.2. The Bertz CT molecular complexity index is 968. The Morgan fingerprint density at radius 3 is 2.17 bits per heavy atom. The van der Waals surface area contributed by atoms with Crippen molar-refractivity contribution in [2.45, 2.75) is 41.5 Å². The highest BCUT2D eigenvalue weighted by molar-refractivity contribution is 8.00. The first-order valence-electron chi connectivity index (χ1n) is 9.78. The molecule has 1 N–H and O–H groups in total. The molecule has 29 heavy (non-hydrogen) atoms. The van der Waals surface area contributed by atoms with Crippen molar-refractivity contribution < 1.29 is 21.6 Å². The van der Waals surface area contributed by atoms with Crippen LogP contribution in [0.15, 0.2) is 34.1 Å².